The molecule has 0 aliphatic carbocycles. The van der Waals surface area contributed by atoms with Crippen molar-refractivity contribution in [3.63, 3.8) is 0 Å². The maximum absolute atomic E-state index is 13.1. The molecule has 2 heterocycles. The Morgan fingerprint density at radius 2 is 1.69 bits per heavy atom. The van der Waals surface area contributed by atoms with E-state index in [4.69, 9.17) is 23.2 Å². The van der Waals surface area contributed by atoms with Gasteiger partial charge in [0.1, 0.15) is 0 Å². The Balaban J connectivity index is 1.83. The number of nitrogens with zero attached hydrogens (tertiary/aromatic N) is 1. The van der Waals surface area contributed by atoms with Crippen molar-refractivity contribution in [3.8, 4) is 11.3 Å². The predicted octanol–water partition coefficient (Wildman–Crippen LogP) is 5.52. The van der Waals surface area contributed by atoms with Gasteiger partial charge in [0.15, 0.2) is 6.29 Å². The number of aromatic amines is 1. The topological polar surface area (TPSA) is 70.2 Å². The number of halogens is 2. The largest absolute Gasteiger partial charge is 0.354 e. The van der Waals surface area contributed by atoms with Gasteiger partial charge in [0.05, 0.1) is 15.6 Å². The third-order valence-corrected chi connectivity index (χ3v) is 7.77. The molecule has 29 heavy (non-hydrogen) atoms. The summed E-state index contributed by atoms with van der Waals surface area (Å²) in [4.78, 5) is 15.3. The number of hydrogen-bond acceptors (Lipinski definition) is 3. The van der Waals surface area contributed by atoms with E-state index in [1.807, 2.05) is 0 Å². The van der Waals surface area contributed by atoms with E-state index in [1.54, 1.807) is 40.7 Å². The number of hydrogen-bond donors (Lipinski definition) is 1. The lowest BCUT2D eigenvalue weighted by Crippen LogP contribution is -2.31. The fourth-order valence-electron chi connectivity index (χ4n) is 3.81. The summed E-state index contributed by atoms with van der Waals surface area (Å²) in [6, 6.07) is 9.88. The molecule has 2 aromatic carbocycles. The average molecular weight is 451 g/mol. The van der Waals surface area contributed by atoms with Crippen LogP contribution in [0.5, 0.6) is 0 Å². The van der Waals surface area contributed by atoms with Crippen molar-refractivity contribution in [1.82, 2.24) is 9.29 Å². The second-order valence-corrected chi connectivity index (χ2v) is 9.96. The summed E-state index contributed by atoms with van der Waals surface area (Å²) in [7, 11) is -3.61. The molecule has 0 saturated carbocycles. The summed E-state index contributed by atoms with van der Waals surface area (Å²) >= 11 is 12.3. The van der Waals surface area contributed by atoms with E-state index in [9.17, 15) is 13.2 Å². The first-order valence-electron chi connectivity index (χ1n) is 9.48. The normalized spacial score (nSPS) is 16.1. The number of aromatic nitrogens is 1. The molecule has 1 aromatic heterocycles. The van der Waals surface area contributed by atoms with Crippen LogP contribution in [0.15, 0.2) is 41.3 Å². The smallest absolute Gasteiger partial charge is 0.243 e. The second kappa shape index (κ2) is 8.11. The third-order valence-electron chi connectivity index (χ3n) is 5.33. The van der Waals surface area contributed by atoms with Gasteiger partial charge in [-0.3, -0.25) is 4.79 Å². The average Bonchev–Trinajstić information content (AvgIpc) is 2.85. The molecule has 152 valence electrons. The minimum absolute atomic E-state index is 0.197. The zero-order chi connectivity index (χ0) is 20.6. The first-order valence-corrected chi connectivity index (χ1v) is 11.7. The van der Waals surface area contributed by atoms with Gasteiger partial charge in [0, 0.05) is 40.1 Å². The molecule has 1 saturated heterocycles. The van der Waals surface area contributed by atoms with Gasteiger partial charge < -0.3 is 4.98 Å². The van der Waals surface area contributed by atoms with Crippen LogP contribution >= 0.6 is 23.2 Å². The van der Waals surface area contributed by atoms with E-state index >= 15 is 0 Å². The number of H-pyrrole nitrogens is 1. The lowest BCUT2D eigenvalue weighted by Gasteiger charge is -2.20. The SMILES string of the molecule is O=Cc1c(-c2ccc(Cl)cc2Cl)[nH]c2ccc(S(=O)(=O)N3CCCCCC3)cc12. The van der Waals surface area contributed by atoms with Gasteiger partial charge >= 0.3 is 0 Å². The number of nitrogens with one attached hydrogen (secondary N) is 1. The maximum Gasteiger partial charge on any atom is 0.243 e. The highest BCUT2D eigenvalue weighted by Crippen LogP contribution is 2.36. The number of carbonyl (C=O) groups excluding carboxylic acids is 1. The first kappa shape index (κ1) is 20.4. The van der Waals surface area contributed by atoms with E-state index in [-0.39, 0.29) is 4.90 Å². The van der Waals surface area contributed by atoms with Crippen molar-refractivity contribution in [2.75, 3.05) is 13.1 Å². The first-order chi connectivity index (χ1) is 13.9. The number of aldehydes is 1. The molecule has 4 rings (SSSR count). The zero-order valence-electron chi connectivity index (χ0n) is 15.6. The highest BCUT2D eigenvalue weighted by atomic mass is 35.5. The monoisotopic (exact) mass is 450 g/mol. The van der Waals surface area contributed by atoms with Crippen LogP contribution in [0.25, 0.3) is 22.2 Å². The molecule has 1 aliphatic heterocycles. The van der Waals surface area contributed by atoms with Crippen molar-refractivity contribution < 1.29 is 13.2 Å². The minimum atomic E-state index is -3.61. The number of fused-ring (bicyclic) bond motifs is 1. The van der Waals surface area contributed by atoms with Crippen LogP contribution in [0.1, 0.15) is 36.0 Å². The fourth-order valence-corrected chi connectivity index (χ4v) is 5.86. The molecule has 8 heteroatoms. The number of rotatable bonds is 4. The van der Waals surface area contributed by atoms with Crippen LogP contribution in [0, 0.1) is 0 Å². The van der Waals surface area contributed by atoms with Gasteiger partial charge in [-0.25, -0.2) is 8.42 Å². The Morgan fingerprint density at radius 1 is 0.966 bits per heavy atom. The number of carbonyl (C=O) groups is 1. The van der Waals surface area contributed by atoms with E-state index < -0.39 is 10.0 Å². The summed E-state index contributed by atoms with van der Waals surface area (Å²) in [6.07, 6.45) is 4.54. The van der Waals surface area contributed by atoms with Gasteiger partial charge in [-0.1, -0.05) is 36.0 Å². The van der Waals surface area contributed by atoms with Crippen molar-refractivity contribution in [1.29, 1.82) is 0 Å². The molecule has 1 fully saturated rings. The fraction of sp³-hybridized carbons (Fsp3) is 0.286. The summed E-state index contributed by atoms with van der Waals surface area (Å²) in [5.41, 5.74) is 2.22. The van der Waals surface area contributed by atoms with Crippen molar-refractivity contribution in [2.45, 2.75) is 30.6 Å². The molecule has 0 bridgehead atoms. The molecule has 0 spiro atoms. The summed E-state index contributed by atoms with van der Waals surface area (Å²) in [6.45, 7) is 1.05. The lowest BCUT2D eigenvalue weighted by atomic mass is 10.1. The number of benzene rings is 2. The highest BCUT2D eigenvalue weighted by Gasteiger charge is 2.26. The Kier molecular flexibility index (Phi) is 5.71. The van der Waals surface area contributed by atoms with Crippen LogP contribution in [-0.4, -0.2) is 37.1 Å². The molecule has 0 atom stereocenters. The lowest BCUT2D eigenvalue weighted by molar-refractivity contribution is 0.112. The molecule has 0 unspecified atom stereocenters. The second-order valence-electron chi connectivity index (χ2n) is 7.18. The van der Waals surface area contributed by atoms with E-state index in [0.29, 0.717) is 50.9 Å². The summed E-state index contributed by atoms with van der Waals surface area (Å²) in [5.74, 6) is 0. The van der Waals surface area contributed by atoms with Gasteiger partial charge in [0.2, 0.25) is 10.0 Å². The van der Waals surface area contributed by atoms with Gasteiger partial charge in [0.25, 0.3) is 0 Å². The van der Waals surface area contributed by atoms with Crippen LogP contribution in [0.4, 0.5) is 0 Å². The third kappa shape index (κ3) is 3.82. The standard InChI is InChI=1S/C21H20Cl2N2O3S/c22-14-5-7-16(19(23)11-14)21-18(13-26)17-12-15(6-8-20(17)24-21)29(27,28)25-9-3-1-2-4-10-25/h5-8,11-13,24H,1-4,9-10H2. The minimum Gasteiger partial charge on any atom is -0.354 e. The van der Waals surface area contributed by atoms with Gasteiger partial charge in [-0.2, -0.15) is 4.31 Å². The van der Waals surface area contributed by atoms with E-state index in [2.05, 4.69) is 4.98 Å². The summed E-state index contributed by atoms with van der Waals surface area (Å²) < 4.78 is 27.8. The van der Waals surface area contributed by atoms with Crippen molar-refractivity contribution in [2.24, 2.45) is 0 Å². The molecular formula is C21H20Cl2N2O3S. The quantitative estimate of drug-likeness (QED) is 0.531. The molecule has 3 aromatic rings. The van der Waals surface area contributed by atoms with Crippen LogP contribution in [-0.2, 0) is 10.0 Å². The predicted molar refractivity (Wildman–Crippen MR) is 116 cm³/mol. The Hall–Kier alpha value is -1.86. The highest BCUT2D eigenvalue weighted by molar-refractivity contribution is 7.89. The Bertz CT molecular complexity index is 1180. The number of sulfonamides is 1. The van der Waals surface area contributed by atoms with Gasteiger partial charge in [-0.05, 0) is 49.2 Å². The zero-order valence-corrected chi connectivity index (χ0v) is 17.9. The van der Waals surface area contributed by atoms with Crippen LogP contribution < -0.4 is 0 Å². The Labute approximate surface area is 179 Å². The van der Waals surface area contributed by atoms with E-state index in [0.717, 1.165) is 32.0 Å². The Morgan fingerprint density at radius 3 is 2.34 bits per heavy atom. The van der Waals surface area contributed by atoms with E-state index in [1.165, 1.54) is 0 Å². The molecule has 1 N–H and O–H groups in total. The van der Waals surface area contributed by atoms with Gasteiger partial charge in [-0.15, -0.1) is 0 Å². The maximum atomic E-state index is 13.1. The van der Waals surface area contributed by atoms with Crippen LogP contribution in [0.2, 0.25) is 10.0 Å². The summed E-state index contributed by atoms with van der Waals surface area (Å²) in [5, 5.41) is 1.45. The molecule has 1 aliphatic rings. The molecule has 0 amide bonds. The molecular weight excluding hydrogens is 431 g/mol. The van der Waals surface area contributed by atoms with Crippen LogP contribution in [0.3, 0.4) is 0 Å². The molecule has 5 nitrogen and oxygen atoms in total. The molecule has 0 radical (unpaired) electrons. The van der Waals surface area contributed by atoms with Crippen molar-refractivity contribution >= 4 is 50.4 Å². The van der Waals surface area contributed by atoms with Crippen molar-refractivity contribution in [3.05, 3.63) is 52.0 Å².